The third-order valence-corrected chi connectivity index (χ3v) is 2.33. The molecule has 0 saturated heterocycles. The van der Waals surface area contributed by atoms with Crippen LogP contribution in [0.25, 0.3) is 11.3 Å². The minimum Gasteiger partial charge on any atom is -0.463 e. The second-order valence-corrected chi connectivity index (χ2v) is 3.26. The molecule has 2 rings (SSSR count). The summed E-state index contributed by atoms with van der Waals surface area (Å²) in [6, 6.07) is 1.65. The first-order valence-corrected chi connectivity index (χ1v) is 4.93. The highest BCUT2D eigenvalue weighted by Crippen LogP contribution is 2.22. The summed E-state index contributed by atoms with van der Waals surface area (Å²) in [5.41, 5.74) is 1.74. The molecule has 0 bridgehead atoms. The molecule has 0 aliphatic heterocycles. The van der Waals surface area contributed by atoms with Crippen molar-refractivity contribution in [1.29, 1.82) is 0 Å². The number of rotatable bonds is 3. The van der Waals surface area contributed by atoms with Gasteiger partial charge in [-0.05, 0) is 6.92 Å². The number of ether oxygens (including phenoxy) is 1. The van der Waals surface area contributed by atoms with Gasteiger partial charge in [0.2, 0.25) is 5.76 Å². The quantitative estimate of drug-likeness (QED) is 0.742. The lowest BCUT2D eigenvalue weighted by Crippen LogP contribution is -1.98. The van der Waals surface area contributed by atoms with E-state index >= 15 is 0 Å². The van der Waals surface area contributed by atoms with Crippen LogP contribution in [0, 0.1) is 0 Å². The van der Waals surface area contributed by atoms with Crippen LogP contribution in [-0.4, -0.2) is 22.6 Å². The molecule has 2 aromatic heterocycles. The Morgan fingerprint density at radius 2 is 2.44 bits per heavy atom. The molecule has 84 valence electrons. The van der Waals surface area contributed by atoms with E-state index in [0.717, 1.165) is 17.8 Å². The Bertz CT molecular complexity index is 499. The molecule has 0 amide bonds. The van der Waals surface area contributed by atoms with Gasteiger partial charge in [0, 0.05) is 18.2 Å². The highest BCUT2D eigenvalue weighted by atomic mass is 16.5. The smallest absolute Gasteiger partial charge is 0.373 e. The largest absolute Gasteiger partial charge is 0.463 e. The molecule has 0 spiro atoms. The number of imidazole rings is 1. The van der Waals surface area contributed by atoms with E-state index in [2.05, 4.69) is 9.72 Å². The predicted octanol–water partition coefficient (Wildman–Crippen LogP) is 1.95. The molecule has 0 N–H and O–H groups in total. The number of carbonyl (C=O) groups excluding carboxylic acids is 1. The number of esters is 1. The lowest BCUT2D eigenvalue weighted by Gasteiger charge is -2.00. The molecule has 0 unspecified atom stereocenters. The summed E-state index contributed by atoms with van der Waals surface area (Å²) in [5.74, 6) is -0.282. The number of nitrogens with zero attached hydrogens (tertiary/aromatic N) is 2. The summed E-state index contributed by atoms with van der Waals surface area (Å²) in [6.07, 6.45) is 4.99. The van der Waals surface area contributed by atoms with E-state index in [9.17, 15) is 4.79 Å². The normalized spacial score (nSPS) is 10.4. The molecular weight excluding hydrogens is 208 g/mol. The van der Waals surface area contributed by atoms with Gasteiger partial charge in [0.15, 0.2) is 0 Å². The van der Waals surface area contributed by atoms with Crippen LogP contribution in [0.5, 0.6) is 0 Å². The second-order valence-electron chi connectivity index (χ2n) is 3.26. The van der Waals surface area contributed by atoms with Gasteiger partial charge in [-0.2, -0.15) is 0 Å². The minimum absolute atomic E-state index is 0.196. The predicted molar refractivity (Wildman–Crippen MR) is 56.9 cm³/mol. The Morgan fingerprint density at radius 1 is 1.62 bits per heavy atom. The van der Waals surface area contributed by atoms with E-state index in [-0.39, 0.29) is 5.76 Å². The van der Waals surface area contributed by atoms with Gasteiger partial charge in [-0.25, -0.2) is 9.78 Å². The first-order valence-electron chi connectivity index (χ1n) is 4.93. The zero-order valence-corrected chi connectivity index (χ0v) is 9.14. The van der Waals surface area contributed by atoms with Crippen LogP contribution in [-0.2, 0) is 11.3 Å². The summed E-state index contributed by atoms with van der Waals surface area (Å²) in [4.78, 5) is 15.3. The monoisotopic (exact) mass is 220 g/mol. The van der Waals surface area contributed by atoms with E-state index in [1.807, 2.05) is 11.5 Å². The SMILES string of the molecule is CCn1cncc1-c1coc(C(=O)OC)c1. The summed E-state index contributed by atoms with van der Waals surface area (Å²) < 4.78 is 11.7. The molecule has 5 heteroatoms. The van der Waals surface area contributed by atoms with Crippen molar-refractivity contribution in [2.24, 2.45) is 0 Å². The van der Waals surface area contributed by atoms with Gasteiger partial charge < -0.3 is 13.7 Å². The Kier molecular flexibility index (Phi) is 2.76. The van der Waals surface area contributed by atoms with Crippen LogP contribution < -0.4 is 0 Å². The minimum atomic E-state index is -0.478. The van der Waals surface area contributed by atoms with Crippen LogP contribution in [0.1, 0.15) is 17.5 Å². The maximum atomic E-state index is 11.2. The highest BCUT2D eigenvalue weighted by molar-refractivity contribution is 5.87. The summed E-state index contributed by atoms with van der Waals surface area (Å²) in [7, 11) is 1.32. The van der Waals surface area contributed by atoms with Crippen molar-refractivity contribution in [3.05, 3.63) is 30.6 Å². The van der Waals surface area contributed by atoms with Crippen molar-refractivity contribution in [2.75, 3.05) is 7.11 Å². The van der Waals surface area contributed by atoms with Crippen LogP contribution in [0.15, 0.2) is 29.3 Å². The lowest BCUT2D eigenvalue weighted by atomic mass is 10.2. The van der Waals surface area contributed by atoms with E-state index in [4.69, 9.17) is 4.42 Å². The van der Waals surface area contributed by atoms with Crippen molar-refractivity contribution in [3.8, 4) is 11.3 Å². The maximum absolute atomic E-state index is 11.2. The van der Waals surface area contributed by atoms with Crippen LogP contribution in [0.4, 0.5) is 0 Å². The average Bonchev–Trinajstić information content (AvgIpc) is 2.95. The van der Waals surface area contributed by atoms with Gasteiger partial charge in [0.1, 0.15) is 6.26 Å². The average molecular weight is 220 g/mol. The number of methoxy groups -OCH3 is 1. The van der Waals surface area contributed by atoms with Gasteiger partial charge >= 0.3 is 5.97 Å². The van der Waals surface area contributed by atoms with Crippen molar-refractivity contribution < 1.29 is 13.9 Å². The highest BCUT2D eigenvalue weighted by Gasteiger charge is 2.13. The fourth-order valence-electron chi connectivity index (χ4n) is 1.49. The van der Waals surface area contributed by atoms with Crippen LogP contribution in [0.2, 0.25) is 0 Å². The van der Waals surface area contributed by atoms with E-state index in [1.165, 1.54) is 13.4 Å². The molecule has 2 aromatic rings. The summed E-state index contributed by atoms with van der Waals surface area (Å²) in [5, 5.41) is 0. The standard InChI is InChI=1S/C11H12N2O3/c1-3-13-7-12-5-9(13)8-4-10(16-6-8)11(14)15-2/h4-7H,3H2,1-2H3. The van der Waals surface area contributed by atoms with Gasteiger partial charge in [-0.15, -0.1) is 0 Å². The lowest BCUT2D eigenvalue weighted by molar-refractivity contribution is 0.0565. The topological polar surface area (TPSA) is 57.3 Å². The van der Waals surface area contributed by atoms with Crippen molar-refractivity contribution in [3.63, 3.8) is 0 Å². The molecular formula is C11H12N2O3. The maximum Gasteiger partial charge on any atom is 0.373 e. The van der Waals surface area contributed by atoms with E-state index in [1.54, 1.807) is 18.6 Å². The Morgan fingerprint density at radius 3 is 3.12 bits per heavy atom. The molecule has 0 radical (unpaired) electrons. The van der Waals surface area contributed by atoms with Crippen LogP contribution >= 0.6 is 0 Å². The number of hydrogen-bond donors (Lipinski definition) is 0. The molecule has 2 heterocycles. The third kappa shape index (κ3) is 1.71. The number of carbonyl (C=O) groups is 1. The fraction of sp³-hybridized carbons (Fsp3) is 0.273. The number of hydrogen-bond acceptors (Lipinski definition) is 4. The third-order valence-electron chi connectivity index (χ3n) is 2.33. The zero-order valence-electron chi connectivity index (χ0n) is 9.14. The van der Waals surface area contributed by atoms with Gasteiger partial charge in [-0.3, -0.25) is 0 Å². The van der Waals surface area contributed by atoms with Gasteiger partial charge in [0.25, 0.3) is 0 Å². The molecule has 0 fully saturated rings. The van der Waals surface area contributed by atoms with Crippen molar-refractivity contribution in [1.82, 2.24) is 9.55 Å². The first-order chi connectivity index (χ1) is 7.76. The zero-order chi connectivity index (χ0) is 11.5. The fourth-order valence-corrected chi connectivity index (χ4v) is 1.49. The van der Waals surface area contributed by atoms with E-state index < -0.39 is 5.97 Å². The molecule has 5 nitrogen and oxygen atoms in total. The second kappa shape index (κ2) is 4.22. The molecule has 0 aromatic carbocycles. The molecule has 0 atom stereocenters. The first kappa shape index (κ1) is 10.5. The Hall–Kier alpha value is -2.04. The summed E-state index contributed by atoms with van der Waals surface area (Å²) >= 11 is 0. The van der Waals surface area contributed by atoms with E-state index in [0.29, 0.717) is 0 Å². The molecule has 0 saturated carbocycles. The Labute approximate surface area is 92.7 Å². The van der Waals surface area contributed by atoms with Crippen LogP contribution in [0.3, 0.4) is 0 Å². The molecule has 0 aliphatic carbocycles. The summed E-state index contributed by atoms with van der Waals surface area (Å²) in [6.45, 7) is 2.83. The van der Waals surface area contributed by atoms with Crippen molar-refractivity contribution >= 4 is 5.97 Å². The molecule has 0 aliphatic rings. The number of furan rings is 1. The van der Waals surface area contributed by atoms with Gasteiger partial charge in [0.05, 0.1) is 25.3 Å². The van der Waals surface area contributed by atoms with Gasteiger partial charge in [-0.1, -0.05) is 0 Å². The number of aryl methyl sites for hydroxylation is 1. The number of aromatic nitrogens is 2. The molecule has 16 heavy (non-hydrogen) atoms. The Balaban J connectivity index is 2.35. The van der Waals surface area contributed by atoms with Crippen molar-refractivity contribution in [2.45, 2.75) is 13.5 Å².